The lowest BCUT2D eigenvalue weighted by atomic mass is 11.7. The normalized spacial score (nSPS) is 12.2. The van der Waals surface area contributed by atoms with E-state index in [9.17, 15) is 16.8 Å². The smallest absolute Gasteiger partial charge is 0.264 e. The summed E-state index contributed by atoms with van der Waals surface area (Å²) in [5, 5.41) is 0. The zero-order chi connectivity index (χ0) is 7.49. The molecule has 9 heavy (non-hydrogen) atoms. The van der Waals surface area contributed by atoms with Gasteiger partial charge in [0.2, 0.25) is 0 Å². The SMILES string of the molecule is O=[SH](=O)COS(=O)(=O)O. The Bertz CT molecular complexity index is 224. The van der Waals surface area contributed by atoms with Gasteiger partial charge in [0, 0.05) is 0 Å². The first-order valence-corrected chi connectivity index (χ1v) is 4.38. The molecule has 0 saturated carbocycles. The molecule has 0 aromatic rings. The molecule has 0 aliphatic heterocycles. The van der Waals surface area contributed by atoms with Crippen molar-refractivity contribution in [2.45, 2.75) is 0 Å². The summed E-state index contributed by atoms with van der Waals surface area (Å²) in [5.41, 5.74) is 0. The minimum atomic E-state index is -4.60. The van der Waals surface area contributed by atoms with E-state index >= 15 is 0 Å². The predicted molar refractivity (Wildman–Crippen MR) is 27.8 cm³/mol. The van der Waals surface area contributed by atoms with Crippen LogP contribution in [0.2, 0.25) is 0 Å². The van der Waals surface area contributed by atoms with Gasteiger partial charge in [0.1, 0.15) is 0 Å². The van der Waals surface area contributed by atoms with Crippen LogP contribution in [0.3, 0.4) is 0 Å². The van der Waals surface area contributed by atoms with Crippen molar-refractivity contribution in [2.75, 3.05) is 5.94 Å². The van der Waals surface area contributed by atoms with Crippen LogP contribution in [0.4, 0.5) is 0 Å². The van der Waals surface area contributed by atoms with Gasteiger partial charge in [-0.3, -0.25) is 4.55 Å². The second kappa shape index (κ2) is 3.11. The topological polar surface area (TPSA) is 97.7 Å². The van der Waals surface area contributed by atoms with Gasteiger partial charge in [0.15, 0.2) is 16.6 Å². The Labute approximate surface area is 53.3 Å². The molecule has 0 aliphatic carbocycles. The van der Waals surface area contributed by atoms with Crippen molar-refractivity contribution in [3.8, 4) is 0 Å². The molecule has 0 unspecified atom stereocenters. The van der Waals surface area contributed by atoms with Crippen molar-refractivity contribution in [1.29, 1.82) is 0 Å². The molecule has 56 valence electrons. The third-order valence-electron chi connectivity index (χ3n) is 0.307. The summed E-state index contributed by atoms with van der Waals surface area (Å²) in [6.45, 7) is 0. The van der Waals surface area contributed by atoms with Crippen LogP contribution in [-0.2, 0) is 25.3 Å². The third-order valence-corrected chi connectivity index (χ3v) is 1.24. The molecule has 0 aliphatic rings. The molecule has 0 fully saturated rings. The van der Waals surface area contributed by atoms with Crippen molar-refractivity contribution in [3.05, 3.63) is 0 Å². The highest BCUT2D eigenvalue weighted by Crippen LogP contribution is 1.83. The van der Waals surface area contributed by atoms with E-state index in [2.05, 4.69) is 4.18 Å². The van der Waals surface area contributed by atoms with Gasteiger partial charge in [0.05, 0.1) is 0 Å². The molecule has 0 bridgehead atoms. The Kier molecular flexibility index (Phi) is 3.04. The Morgan fingerprint density at radius 2 is 1.89 bits per heavy atom. The van der Waals surface area contributed by atoms with Crippen molar-refractivity contribution in [1.82, 2.24) is 0 Å². The van der Waals surface area contributed by atoms with Crippen molar-refractivity contribution in [2.24, 2.45) is 0 Å². The van der Waals surface area contributed by atoms with Crippen molar-refractivity contribution < 1.29 is 25.6 Å². The monoisotopic (exact) mass is 176 g/mol. The van der Waals surface area contributed by atoms with Gasteiger partial charge >= 0.3 is 10.4 Å². The van der Waals surface area contributed by atoms with Crippen LogP contribution in [0.15, 0.2) is 0 Å². The molecule has 0 aromatic heterocycles. The van der Waals surface area contributed by atoms with Crippen LogP contribution in [0, 0.1) is 0 Å². The summed E-state index contributed by atoms with van der Waals surface area (Å²) in [5.74, 6) is -1.02. The molecule has 0 heterocycles. The summed E-state index contributed by atoms with van der Waals surface area (Å²) in [7, 11) is -7.53. The standard InChI is InChI=1S/CH4O6S2/c2-8(3)1-7-9(4,5)6/h8H,1H2,(H,4,5,6). The van der Waals surface area contributed by atoms with Gasteiger partial charge in [0.25, 0.3) is 0 Å². The third kappa shape index (κ3) is 7.82. The van der Waals surface area contributed by atoms with E-state index < -0.39 is 27.0 Å². The Morgan fingerprint density at radius 1 is 1.44 bits per heavy atom. The summed E-state index contributed by atoms with van der Waals surface area (Å²) in [4.78, 5) is 0. The van der Waals surface area contributed by atoms with Crippen molar-refractivity contribution in [3.63, 3.8) is 0 Å². The highest BCUT2D eigenvalue weighted by molar-refractivity contribution is 7.81. The minimum Gasteiger partial charge on any atom is -0.264 e. The fourth-order valence-electron chi connectivity index (χ4n) is 0.110. The van der Waals surface area contributed by atoms with E-state index in [0.29, 0.717) is 0 Å². The van der Waals surface area contributed by atoms with Crippen LogP contribution < -0.4 is 0 Å². The number of rotatable bonds is 3. The first-order chi connectivity index (χ1) is 3.92. The molecular weight excluding hydrogens is 172 g/mol. The van der Waals surface area contributed by atoms with E-state index in [0.717, 1.165) is 0 Å². The summed E-state index contributed by atoms with van der Waals surface area (Å²) < 4.78 is 49.5. The summed E-state index contributed by atoms with van der Waals surface area (Å²) in [6, 6.07) is 0. The van der Waals surface area contributed by atoms with Gasteiger partial charge in [-0.25, -0.2) is 12.6 Å². The molecular formula is CH4O6S2. The fourth-order valence-corrected chi connectivity index (χ4v) is 0.987. The van der Waals surface area contributed by atoms with E-state index in [4.69, 9.17) is 4.55 Å². The first kappa shape index (κ1) is 8.82. The van der Waals surface area contributed by atoms with Crippen LogP contribution in [-0.4, -0.2) is 27.3 Å². The van der Waals surface area contributed by atoms with Gasteiger partial charge < -0.3 is 0 Å². The van der Waals surface area contributed by atoms with Crippen LogP contribution in [0.1, 0.15) is 0 Å². The van der Waals surface area contributed by atoms with Gasteiger partial charge in [-0.1, -0.05) is 0 Å². The highest BCUT2D eigenvalue weighted by atomic mass is 32.3. The lowest BCUT2D eigenvalue weighted by Crippen LogP contribution is -2.05. The second-order valence-corrected chi connectivity index (χ2v) is 3.02. The molecule has 0 aromatic carbocycles. The maximum atomic E-state index is 9.60. The number of hydrogen-bond acceptors (Lipinski definition) is 5. The quantitative estimate of drug-likeness (QED) is 0.396. The minimum absolute atomic E-state index is 1.02. The zero-order valence-electron chi connectivity index (χ0n) is 4.05. The lowest BCUT2D eigenvalue weighted by Gasteiger charge is -1.89. The van der Waals surface area contributed by atoms with Crippen LogP contribution >= 0.6 is 0 Å². The Balaban J connectivity index is 3.81. The van der Waals surface area contributed by atoms with Crippen LogP contribution in [0.5, 0.6) is 0 Å². The maximum Gasteiger partial charge on any atom is 0.398 e. The number of hydrogen-bond donors (Lipinski definition) is 2. The van der Waals surface area contributed by atoms with Crippen LogP contribution in [0.25, 0.3) is 0 Å². The lowest BCUT2D eigenvalue weighted by molar-refractivity contribution is 0.308. The van der Waals surface area contributed by atoms with E-state index in [1.165, 1.54) is 0 Å². The molecule has 6 nitrogen and oxygen atoms in total. The summed E-state index contributed by atoms with van der Waals surface area (Å²) in [6.07, 6.45) is 0. The molecule has 1 N–H and O–H groups in total. The molecule has 0 spiro atoms. The van der Waals surface area contributed by atoms with E-state index in [-0.39, 0.29) is 0 Å². The average molecular weight is 176 g/mol. The maximum absolute atomic E-state index is 9.60. The molecule has 0 saturated heterocycles. The van der Waals surface area contributed by atoms with E-state index in [1.807, 2.05) is 0 Å². The van der Waals surface area contributed by atoms with Gasteiger partial charge in [-0.2, -0.15) is 8.42 Å². The predicted octanol–water partition coefficient (Wildman–Crippen LogP) is -1.63. The second-order valence-electron chi connectivity index (χ2n) is 1.01. The largest absolute Gasteiger partial charge is 0.398 e. The molecule has 0 rings (SSSR count). The average Bonchev–Trinajstić information content (AvgIpc) is 1.59. The molecule has 0 radical (unpaired) electrons. The molecule has 8 heteroatoms. The summed E-state index contributed by atoms with van der Waals surface area (Å²) >= 11 is 0. The van der Waals surface area contributed by atoms with E-state index in [1.54, 1.807) is 0 Å². The molecule has 0 atom stereocenters. The first-order valence-electron chi connectivity index (χ1n) is 1.65. The molecule has 0 amide bonds. The van der Waals surface area contributed by atoms with Crippen molar-refractivity contribution >= 4 is 21.1 Å². The Morgan fingerprint density at radius 3 is 2.00 bits per heavy atom. The zero-order valence-corrected chi connectivity index (χ0v) is 5.76. The number of thiol groups is 1. The highest BCUT2D eigenvalue weighted by Gasteiger charge is 2.02. The fraction of sp³-hybridized carbons (Fsp3) is 1.00. The Hall–Kier alpha value is -0.180. The van der Waals surface area contributed by atoms with Gasteiger partial charge in [-0.05, 0) is 0 Å². The van der Waals surface area contributed by atoms with Gasteiger partial charge in [-0.15, -0.1) is 0 Å².